The summed E-state index contributed by atoms with van der Waals surface area (Å²) in [7, 11) is 0. The molecule has 2 heterocycles. The maximum absolute atomic E-state index is 9.69. The van der Waals surface area contributed by atoms with Crippen molar-refractivity contribution >= 4 is 10.9 Å². The average Bonchev–Trinajstić information content (AvgIpc) is 2.83. The zero-order valence-corrected chi connectivity index (χ0v) is 8.38. The van der Waals surface area contributed by atoms with Gasteiger partial charge in [-0.05, 0) is 18.2 Å². The highest BCUT2D eigenvalue weighted by molar-refractivity contribution is 5.84. The number of rotatable bonds is 1. The molecule has 0 aliphatic carbocycles. The van der Waals surface area contributed by atoms with Crippen LogP contribution >= 0.6 is 0 Å². The van der Waals surface area contributed by atoms with Gasteiger partial charge in [0.15, 0.2) is 5.82 Å². The van der Waals surface area contributed by atoms with Crippen molar-refractivity contribution in [3.63, 3.8) is 0 Å². The van der Waals surface area contributed by atoms with Gasteiger partial charge >= 0.3 is 0 Å². The molecule has 0 saturated heterocycles. The summed E-state index contributed by atoms with van der Waals surface area (Å²) in [6.07, 6.45) is 3.52. The van der Waals surface area contributed by atoms with E-state index in [0.717, 1.165) is 11.1 Å². The first-order valence-corrected chi connectivity index (χ1v) is 4.93. The second-order valence-corrected chi connectivity index (χ2v) is 3.49. The summed E-state index contributed by atoms with van der Waals surface area (Å²) in [6.45, 7) is 0. The molecule has 78 valence electrons. The van der Waals surface area contributed by atoms with Crippen molar-refractivity contribution in [3.05, 3.63) is 42.7 Å². The van der Waals surface area contributed by atoms with E-state index in [9.17, 15) is 5.11 Å². The second-order valence-electron chi connectivity index (χ2n) is 3.49. The van der Waals surface area contributed by atoms with Gasteiger partial charge in [-0.1, -0.05) is 12.1 Å². The van der Waals surface area contributed by atoms with E-state index < -0.39 is 0 Å². The van der Waals surface area contributed by atoms with Crippen molar-refractivity contribution in [2.75, 3.05) is 0 Å². The van der Waals surface area contributed by atoms with Crippen LogP contribution in [0.3, 0.4) is 0 Å². The molecule has 4 heteroatoms. The summed E-state index contributed by atoms with van der Waals surface area (Å²) >= 11 is 0. The number of nitrogens with one attached hydrogen (secondary N) is 1. The predicted octanol–water partition coefficient (Wildman–Crippen LogP) is 2.33. The van der Waals surface area contributed by atoms with Gasteiger partial charge in [-0.2, -0.15) is 0 Å². The number of H-pyrrole nitrogens is 1. The number of aromatic hydroxyl groups is 1. The maximum atomic E-state index is 9.69. The standard InChI is InChI=1S/C12H9N3O/c16-10-5-1-3-8-7-14-12(15-11(8)10)9-4-2-6-13-9/h1-7,13,16H. The van der Waals surface area contributed by atoms with Crippen LogP contribution in [-0.4, -0.2) is 20.1 Å². The van der Waals surface area contributed by atoms with Crippen molar-refractivity contribution in [1.29, 1.82) is 0 Å². The van der Waals surface area contributed by atoms with Gasteiger partial charge in [0.1, 0.15) is 11.3 Å². The van der Waals surface area contributed by atoms with Crippen LogP contribution in [0.15, 0.2) is 42.7 Å². The van der Waals surface area contributed by atoms with Gasteiger partial charge in [0.05, 0.1) is 5.69 Å². The average molecular weight is 211 g/mol. The van der Waals surface area contributed by atoms with Gasteiger partial charge in [-0.25, -0.2) is 9.97 Å². The van der Waals surface area contributed by atoms with Crippen molar-refractivity contribution in [2.24, 2.45) is 0 Å². The number of fused-ring (bicyclic) bond motifs is 1. The normalized spacial score (nSPS) is 10.8. The molecular formula is C12H9N3O. The number of hydrogen-bond acceptors (Lipinski definition) is 3. The van der Waals surface area contributed by atoms with E-state index in [1.54, 1.807) is 18.3 Å². The van der Waals surface area contributed by atoms with E-state index in [-0.39, 0.29) is 5.75 Å². The Morgan fingerprint density at radius 2 is 2.06 bits per heavy atom. The van der Waals surface area contributed by atoms with Crippen molar-refractivity contribution in [3.8, 4) is 17.3 Å². The Morgan fingerprint density at radius 3 is 2.88 bits per heavy atom. The summed E-state index contributed by atoms with van der Waals surface area (Å²) in [5, 5.41) is 10.5. The van der Waals surface area contributed by atoms with Crippen molar-refractivity contribution < 1.29 is 5.11 Å². The van der Waals surface area contributed by atoms with Gasteiger partial charge in [0.25, 0.3) is 0 Å². The summed E-state index contributed by atoms with van der Waals surface area (Å²) in [5.74, 6) is 0.756. The molecule has 0 unspecified atom stereocenters. The molecule has 0 aliphatic rings. The van der Waals surface area contributed by atoms with Crippen LogP contribution in [-0.2, 0) is 0 Å². The lowest BCUT2D eigenvalue weighted by molar-refractivity contribution is 0.480. The summed E-state index contributed by atoms with van der Waals surface area (Å²) in [6, 6.07) is 9.03. The second kappa shape index (κ2) is 3.34. The molecule has 0 spiro atoms. The highest BCUT2D eigenvalue weighted by atomic mass is 16.3. The SMILES string of the molecule is Oc1cccc2cnc(-c3ccc[nH]3)nc12. The van der Waals surface area contributed by atoms with E-state index in [0.29, 0.717) is 11.3 Å². The molecule has 3 rings (SSSR count). The number of phenols is 1. The Bertz CT molecular complexity index is 632. The third-order valence-electron chi connectivity index (χ3n) is 2.43. The van der Waals surface area contributed by atoms with E-state index >= 15 is 0 Å². The first kappa shape index (κ1) is 8.91. The zero-order chi connectivity index (χ0) is 11.0. The van der Waals surface area contributed by atoms with Gasteiger partial charge in [-0.15, -0.1) is 0 Å². The van der Waals surface area contributed by atoms with Gasteiger partial charge in [0, 0.05) is 17.8 Å². The minimum Gasteiger partial charge on any atom is -0.506 e. The summed E-state index contributed by atoms with van der Waals surface area (Å²) < 4.78 is 0. The summed E-state index contributed by atoms with van der Waals surface area (Å²) in [5.41, 5.74) is 1.41. The van der Waals surface area contributed by atoms with E-state index in [1.807, 2.05) is 24.4 Å². The topological polar surface area (TPSA) is 61.8 Å². The largest absolute Gasteiger partial charge is 0.506 e. The minimum absolute atomic E-state index is 0.174. The van der Waals surface area contributed by atoms with Crippen LogP contribution < -0.4 is 0 Å². The van der Waals surface area contributed by atoms with Crippen molar-refractivity contribution in [1.82, 2.24) is 15.0 Å². The molecule has 0 amide bonds. The monoisotopic (exact) mass is 211 g/mol. The van der Waals surface area contributed by atoms with Crippen LogP contribution in [0, 0.1) is 0 Å². The Kier molecular flexibility index (Phi) is 1.86. The predicted molar refractivity (Wildman–Crippen MR) is 61.0 cm³/mol. The molecule has 0 aliphatic heterocycles. The van der Waals surface area contributed by atoms with Gasteiger partial charge in [-0.3, -0.25) is 0 Å². The fraction of sp³-hybridized carbons (Fsp3) is 0. The highest BCUT2D eigenvalue weighted by Gasteiger charge is 2.05. The Morgan fingerprint density at radius 1 is 1.12 bits per heavy atom. The van der Waals surface area contributed by atoms with Crippen LogP contribution in [0.2, 0.25) is 0 Å². The van der Waals surface area contributed by atoms with E-state index in [1.165, 1.54) is 0 Å². The lowest BCUT2D eigenvalue weighted by Gasteiger charge is -2.01. The molecule has 2 N–H and O–H groups in total. The molecule has 16 heavy (non-hydrogen) atoms. The molecule has 0 atom stereocenters. The first-order chi connectivity index (χ1) is 7.84. The number of nitrogens with zero attached hydrogens (tertiary/aromatic N) is 2. The lowest BCUT2D eigenvalue weighted by atomic mass is 10.2. The Labute approximate surface area is 91.6 Å². The molecule has 1 aromatic carbocycles. The Balaban J connectivity index is 2.27. The summed E-state index contributed by atoms with van der Waals surface area (Å²) in [4.78, 5) is 11.6. The fourth-order valence-corrected chi connectivity index (χ4v) is 1.64. The van der Waals surface area contributed by atoms with Crippen molar-refractivity contribution in [2.45, 2.75) is 0 Å². The molecule has 0 saturated carbocycles. The minimum atomic E-state index is 0.174. The number of benzene rings is 1. The number of hydrogen-bond donors (Lipinski definition) is 2. The number of aromatic nitrogens is 3. The smallest absolute Gasteiger partial charge is 0.176 e. The van der Waals surface area contributed by atoms with E-state index in [4.69, 9.17) is 0 Å². The fourth-order valence-electron chi connectivity index (χ4n) is 1.64. The van der Waals surface area contributed by atoms with Crippen LogP contribution in [0.4, 0.5) is 0 Å². The molecule has 4 nitrogen and oxygen atoms in total. The number of aromatic amines is 1. The lowest BCUT2D eigenvalue weighted by Crippen LogP contribution is -1.89. The molecular weight excluding hydrogens is 202 g/mol. The third kappa shape index (κ3) is 1.32. The quantitative estimate of drug-likeness (QED) is 0.649. The number of para-hydroxylation sites is 1. The van der Waals surface area contributed by atoms with Crippen LogP contribution in [0.5, 0.6) is 5.75 Å². The zero-order valence-electron chi connectivity index (χ0n) is 8.38. The molecule has 2 aromatic heterocycles. The Hall–Kier alpha value is -2.36. The molecule has 3 aromatic rings. The molecule has 0 fully saturated rings. The molecule has 0 bridgehead atoms. The van der Waals surface area contributed by atoms with Crippen LogP contribution in [0.1, 0.15) is 0 Å². The van der Waals surface area contributed by atoms with Gasteiger partial charge in [0.2, 0.25) is 0 Å². The molecule has 0 radical (unpaired) electrons. The highest BCUT2D eigenvalue weighted by Crippen LogP contribution is 2.23. The first-order valence-electron chi connectivity index (χ1n) is 4.93. The van der Waals surface area contributed by atoms with Gasteiger partial charge < -0.3 is 10.1 Å². The van der Waals surface area contributed by atoms with Crippen LogP contribution in [0.25, 0.3) is 22.4 Å². The van der Waals surface area contributed by atoms with E-state index in [2.05, 4.69) is 15.0 Å². The third-order valence-corrected chi connectivity index (χ3v) is 2.43. The maximum Gasteiger partial charge on any atom is 0.176 e. The number of phenolic OH excluding ortho intramolecular Hbond substituents is 1.